The molecule has 0 saturated heterocycles. The minimum Gasteiger partial charge on any atom is -0.330 e. The second-order valence-corrected chi connectivity index (χ2v) is 5.58. The number of hydrogen-bond donors (Lipinski definition) is 1. The molecule has 0 saturated carbocycles. The van der Waals surface area contributed by atoms with Crippen LogP contribution in [0.5, 0.6) is 0 Å². The standard InChI is InChI=1S/C16H28N2/c1-6-15(9-17)10-18(5)11-16-13(3)7-12(2)8-14(16)4/h7-8,15H,6,9-11,17H2,1-5H3. The van der Waals surface area contributed by atoms with Crippen molar-refractivity contribution >= 4 is 0 Å². The Morgan fingerprint density at radius 1 is 1.17 bits per heavy atom. The van der Waals surface area contributed by atoms with E-state index in [1.165, 1.54) is 22.3 Å². The Bertz CT molecular complexity index is 358. The number of nitrogens with two attached hydrogens (primary N) is 1. The lowest BCUT2D eigenvalue weighted by molar-refractivity contribution is 0.267. The second-order valence-electron chi connectivity index (χ2n) is 5.58. The van der Waals surface area contributed by atoms with Gasteiger partial charge in [0.2, 0.25) is 0 Å². The average Bonchev–Trinajstić information content (AvgIpc) is 2.30. The second kappa shape index (κ2) is 6.91. The van der Waals surface area contributed by atoms with Gasteiger partial charge in [-0.15, -0.1) is 0 Å². The minimum absolute atomic E-state index is 0.612. The van der Waals surface area contributed by atoms with Crippen molar-refractivity contribution in [1.29, 1.82) is 0 Å². The third-order valence-electron chi connectivity index (χ3n) is 3.75. The summed E-state index contributed by atoms with van der Waals surface area (Å²) in [5.74, 6) is 0.612. The molecule has 1 aromatic carbocycles. The molecule has 0 spiro atoms. The van der Waals surface area contributed by atoms with Crippen molar-refractivity contribution < 1.29 is 0 Å². The summed E-state index contributed by atoms with van der Waals surface area (Å²) in [5, 5.41) is 0. The average molecular weight is 248 g/mol. The van der Waals surface area contributed by atoms with Crippen molar-refractivity contribution in [2.45, 2.75) is 40.7 Å². The van der Waals surface area contributed by atoms with Gasteiger partial charge in [0.1, 0.15) is 0 Å². The van der Waals surface area contributed by atoms with Gasteiger partial charge in [0, 0.05) is 13.1 Å². The van der Waals surface area contributed by atoms with Crippen molar-refractivity contribution in [1.82, 2.24) is 4.90 Å². The van der Waals surface area contributed by atoms with Crippen molar-refractivity contribution in [3.8, 4) is 0 Å². The summed E-state index contributed by atoms with van der Waals surface area (Å²) in [7, 11) is 2.19. The van der Waals surface area contributed by atoms with Crippen LogP contribution in [-0.4, -0.2) is 25.0 Å². The van der Waals surface area contributed by atoms with E-state index >= 15 is 0 Å². The lowest BCUT2D eigenvalue weighted by atomic mass is 9.99. The van der Waals surface area contributed by atoms with Crippen LogP contribution in [0.25, 0.3) is 0 Å². The molecule has 1 aromatic rings. The first-order valence-corrected chi connectivity index (χ1v) is 6.93. The molecule has 1 rings (SSSR count). The fraction of sp³-hybridized carbons (Fsp3) is 0.625. The smallest absolute Gasteiger partial charge is 0.0236 e. The van der Waals surface area contributed by atoms with Gasteiger partial charge in [0.25, 0.3) is 0 Å². The van der Waals surface area contributed by atoms with Gasteiger partial charge in [0.05, 0.1) is 0 Å². The van der Waals surface area contributed by atoms with Crippen molar-refractivity contribution in [3.05, 3.63) is 34.4 Å². The van der Waals surface area contributed by atoms with Crippen LogP contribution in [-0.2, 0) is 6.54 Å². The molecule has 102 valence electrons. The van der Waals surface area contributed by atoms with E-state index in [9.17, 15) is 0 Å². The molecular formula is C16H28N2. The summed E-state index contributed by atoms with van der Waals surface area (Å²) < 4.78 is 0. The number of rotatable bonds is 6. The first-order chi connectivity index (χ1) is 8.47. The molecule has 0 aliphatic carbocycles. The Kier molecular flexibility index (Phi) is 5.83. The van der Waals surface area contributed by atoms with Gasteiger partial charge in [0.15, 0.2) is 0 Å². The summed E-state index contributed by atoms with van der Waals surface area (Å²) in [5.41, 5.74) is 11.4. The van der Waals surface area contributed by atoms with Gasteiger partial charge in [-0.2, -0.15) is 0 Å². The van der Waals surface area contributed by atoms with Crippen LogP contribution < -0.4 is 5.73 Å². The SMILES string of the molecule is CCC(CN)CN(C)Cc1c(C)cc(C)cc1C. The molecule has 18 heavy (non-hydrogen) atoms. The number of hydrogen-bond acceptors (Lipinski definition) is 2. The molecule has 2 N–H and O–H groups in total. The van der Waals surface area contributed by atoms with Crippen molar-refractivity contribution in [2.24, 2.45) is 11.7 Å². The fourth-order valence-electron chi connectivity index (χ4n) is 2.60. The van der Waals surface area contributed by atoms with Crippen LogP contribution in [0.4, 0.5) is 0 Å². The van der Waals surface area contributed by atoms with Gasteiger partial charge < -0.3 is 10.6 Å². The summed E-state index contributed by atoms with van der Waals surface area (Å²) >= 11 is 0. The molecular weight excluding hydrogens is 220 g/mol. The van der Waals surface area contributed by atoms with Gasteiger partial charge in [-0.25, -0.2) is 0 Å². The lowest BCUT2D eigenvalue weighted by Gasteiger charge is -2.24. The van der Waals surface area contributed by atoms with E-state index in [1.807, 2.05) is 0 Å². The number of aryl methyl sites for hydroxylation is 3. The van der Waals surface area contributed by atoms with Crippen LogP contribution in [0.3, 0.4) is 0 Å². The van der Waals surface area contributed by atoms with Crippen LogP contribution in [0.15, 0.2) is 12.1 Å². The first-order valence-electron chi connectivity index (χ1n) is 6.93. The molecule has 0 heterocycles. The summed E-state index contributed by atoms with van der Waals surface area (Å²) in [4.78, 5) is 2.39. The van der Waals surface area contributed by atoms with Crippen LogP contribution in [0.2, 0.25) is 0 Å². The zero-order valence-electron chi connectivity index (χ0n) is 12.6. The summed E-state index contributed by atoms with van der Waals surface area (Å²) in [6.45, 7) is 11.7. The molecule has 0 fully saturated rings. The van der Waals surface area contributed by atoms with Crippen LogP contribution >= 0.6 is 0 Å². The van der Waals surface area contributed by atoms with E-state index in [2.05, 4.69) is 51.8 Å². The quantitative estimate of drug-likeness (QED) is 0.838. The van der Waals surface area contributed by atoms with E-state index in [1.54, 1.807) is 0 Å². The molecule has 2 nitrogen and oxygen atoms in total. The predicted octanol–water partition coefficient (Wildman–Crippen LogP) is 3.03. The Labute approximate surface area is 112 Å². The van der Waals surface area contributed by atoms with E-state index in [4.69, 9.17) is 5.73 Å². The number of nitrogens with zero attached hydrogens (tertiary/aromatic N) is 1. The Hall–Kier alpha value is -0.860. The molecule has 0 bridgehead atoms. The maximum absolute atomic E-state index is 5.78. The normalized spacial score (nSPS) is 13.1. The van der Waals surface area contributed by atoms with E-state index in [-0.39, 0.29) is 0 Å². The number of benzene rings is 1. The predicted molar refractivity (Wildman–Crippen MR) is 79.8 cm³/mol. The molecule has 0 amide bonds. The molecule has 0 aliphatic heterocycles. The molecule has 1 atom stereocenters. The maximum atomic E-state index is 5.78. The third kappa shape index (κ3) is 4.11. The molecule has 1 unspecified atom stereocenters. The van der Waals surface area contributed by atoms with E-state index < -0.39 is 0 Å². The third-order valence-corrected chi connectivity index (χ3v) is 3.75. The Morgan fingerprint density at radius 2 is 1.72 bits per heavy atom. The first kappa shape index (κ1) is 15.2. The van der Waals surface area contributed by atoms with E-state index in [0.29, 0.717) is 5.92 Å². The Balaban J connectivity index is 2.73. The van der Waals surface area contributed by atoms with Gasteiger partial charge in [-0.05, 0) is 57.0 Å². The topological polar surface area (TPSA) is 29.3 Å². The highest BCUT2D eigenvalue weighted by atomic mass is 15.1. The van der Waals surface area contributed by atoms with Gasteiger partial charge in [-0.3, -0.25) is 0 Å². The highest BCUT2D eigenvalue weighted by molar-refractivity contribution is 5.37. The fourth-order valence-corrected chi connectivity index (χ4v) is 2.60. The monoisotopic (exact) mass is 248 g/mol. The zero-order chi connectivity index (χ0) is 13.7. The lowest BCUT2D eigenvalue weighted by Crippen LogP contribution is -2.29. The molecule has 0 aliphatic rings. The highest BCUT2D eigenvalue weighted by Crippen LogP contribution is 2.18. The summed E-state index contributed by atoms with van der Waals surface area (Å²) in [6.07, 6.45) is 1.16. The Morgan fingerprint density at radius 3 is 2.17 bits per heavy atom. The van der Waals surface area contributed by atoms with Gasteiger partial charge in [-0.1, -0.05) is 31.0 Å². The maximum Gasteiger partial charge on any atom is 0.0236 e. The molecule has 2 heteroatoms. The highest BCUT2D eigenvalue weighted by Gasteiger charge is 2.11. The van der Waals surface area contributed by atoms with Crippen LogP contribution in [0, 0.1) is 26.7 Å². The van der Waals surface area contributed by atoms with E-state index in [0.717, 1.165) is 26.1 Å². The zero-order valence-corrected chi connectivity index (χ0v) is 12.6. The summed E-state index contributed by atoms with van der Waals surface area (Å²) in [6, 6.07) is 4.55. The van der Waals surface area contributed by atoms with Crippen molar-refractivity contribution in [2.75, 3.05) is 20.1 Å². The minimum atomic E-state index is 0.612. The van der Waals surface area contributed by atoms with Crippen molar-refractivity contribution in [3.63, 3.8) is 0 Å². The molecule has 0 aromatic heterocycles. The molecule has 0 radical (unpaired) electrons. The largest absolute Gasteiger partial charge is 0.330 e. The van der Waals surface area contributed by atoms with Crippen LogP contribution in [0.1, 0.15) is 35.6 Å². The van der Waals surface area contributed by atoms with Gasteiger partial charge >= 0.3 is 0 Å².